The number of thiophene rings is 1. The molecule has 0 radical (unpaired) electrons. The first-order valence-electron chi connectivity index (χ1n) is 29.1. The molecule has 0 bridgehead atoms. The van der Waals surface area contributed by atoms with Gasteiger partial charge in [0.2, 0.25) is 5.95 Å². The average Bonchev–Trinajstić information content (AvgIpc) is 1.74. The van der Waals surface area contributed by atoms with Crippen LogP contribution in [0.15, 0.2) is 267 Å². The van der Waals surface area contributed by atoms with Gasteiger partial charge in [0.15, 0.2) is 11.6 Å². The number of rotatable bonds is 7. The molecule has 0 N–H and O–H groups in total. The summed E-state index contributed by atoms with van der Waals surface area (Å²) in [7, 11) is 0. The van der Waals surface area contributed by atoms with Gasteiger partial charge in [0.1, 0.15) is 0 Å². The van der Waals surface area contributed by atoms with Crippen LogP contribution < -0.4 is 0 Å². The number of para-hydroxylation sites is 3. The van der Waals surface area contributed by atoms with Crippen molar-refractivity contribution in [2.24, 2.45) is 0 Å². The molecule has 0 aliphatic heterocycles. The molecule has 0 unspecified atom stereocenters. The summed E-state index contributed by atoms with van der Waals surface area (Å²) in [4.78, 5) is 15.8. The van der Waals surface area contributed by atoms with E-state index in [4.69, 9.17) is 15.0 Å². The van der Waals surface area contributed by atoms with E-state index in [1.54, 1.807) is 0 Å². The van der Waals surface area contributed by atoms with Gasteiger partial charge in [0.25, 0.3) is 0 Å². The molecular formula is C78H50N6S. The molecule has 85 heavy (non-hydrogen) atoms. The zero-order valence-electron chi connectivity index (χ0n) is 46.5. The number of hydrogen-bond donors (Lipinski definition) is 0. The molecule has 1 aliphatic carbocycles. The van der Waals surface area contributed by atoms with Crippen LogP contribution in [0, 0.1) is 0 Å². The standard InChI is InChI=1S/C78H50N6S/c1-78(2)65-29-17-15-27-55(65)57-35-36-58-59-41-49(31-37-67(59)83(74(58)73(57)78)54-25-13-6-14-26-54)51-33-39-71-63(43-51)64-44-52(34-40-72(64)85-71)50-32-38-68-60(42-50)62-46-69-61(56-28-16-18-30-66(56)82(69)53-23-11-5-12-24-53)45-70(62)84(68)77-80-75(47-19-7-3-8-20-47)79-76(81-77)48-21-9-4-10-22-48/h3-46H,1-2H3. The van der Waals surface area contributed by atoms with Gasteiger partial charge in [-0.1, -0.05) is 190 Å². The predicted octanol–water partition coefficient (Wildman–Crippen LogP) is 20.5. The van der Waals surface area contributed by atoms with Crippen molar-refractivity contribution in [1.29, 1.82) is 0 Å². The molecule has 1 aliphatic rings. The van der Waals surface area contributed by atoms with E-state index >= 15 is 0 Å². The first-order valence-corrected chi connectivity index (χ1v) is 29.9. The molecule has 0 amide bonds. The zero-order valence-corrected chi connectivity index (χ0v) is 47.3. The summed E-state index contributed by atoms with van der Waals surface area (Å²) < 4.78 is 9.70. The minimum absolute atomic E-state index is 0.170. The second-order valence-electron chi connectivity index (χ2n) is 23.1. The smallest absolute Gasteiger partial charge is 0.238 e. The maximum atomic E-state index is 5.34. The van der Waals surface area contributed by atoms with E-state index in [1.807, 2.05) is 47.7 Å². The third-order valence-corrected chi connectivity index (χ3v) is 19.2. The van der Waals surface area contributed by atoms with Crippen molar-refractivity contribution >= 4 is 96.9 Å². The minimum atomic E-state index is -0.170. The number of benzene rings is 12. The molecule has 18 rings (SSSR count). The normalized spacial score (nSPS) is 12.9. The first-order chi connectivity index (χ1) is 41.9. The maximum Gasteiger partial charge on any atom is 0.238 e. The summed E-state index contributed by atoms with van der Waals surface area (Å²) in [5.41, 5.74) is 20.9. The average molecular weight is 1100 g/mol. The molecular weight excluding hydrogens is 1050 g/mol. The third kappa shape index (κ3) is 7.14. The van der Waals surface area contributed by atoms with Gasteiger partial charge in [-0.15, -0.1) is 11.3 Å². The van der Waals surface area contributed by atoms with Gasteiger partial charge >= 0.3 is 0 Å². The molecule has 12 aromatic carbocycles. The highest BCUT2D eigenvalue weighted by Crippen LogP contribution is 2.53. The van der Waals surface area contributed by atoms with Crippen molar-refractivity contribution in [1.82, 2.24) is 28.7 Å². The number of fused-ring (bicyclic) bond motifs is 16. The Morgan fingerprint density at radius 2 is 0.765 bits per heavy atom. The minimum Gasteiger partial charge on any atom is -0.309 e. The van der Waals surface area contributed by atoms with E-state index in [9.17, 15) is 0 Å². The summed E-state index contributed by atoms with van der Waals surface area (Å²) in [6.07, 6.45) is 0. The Morgan fingerprint density at radius 1 is 0.306 bits per heavy atom. The lowest BCUT2D eigenvalue weighted by molar-refractivity contribution is 0.664. The second kappa shape index (κ2) is 18.1. The van der Waals surface area contributed by atoms with Gasteiger partial charge in [-0.25, -0.2) is 4.98 Å². The lowest BCUT2D eigenvalue weighted by Gasteiger charge is -2.23. The van der Waals surface area contributed by atoms with Crippen LogP contribution in [0.4, 0.5) is 0 Å². The molecule has 398 valence electrons. The third-order valence-electron chi connectivity index (χ3n) is 18.1. The Bertz CT molecular complexity index is 5560. The number of nitrogens with zero attached hydrogens (tertiary/aromatic N) is 6. The molecule has 7 heteroatoms. The SMILES string of the molecule is CC1(C)c2ccccc2-c2ccc3c4cc(-c5ccc6sc7ccc(-c8ccc9c(c8)c8cc%10c(cc8n9-c8nc(-c9ccccc9)nc(-c9ccccc9)n8)c8ccccc8n%10-c8ccccc8)cc7c6c5)ccc4n(-c4ccccc4)c3c21. The molecule has 0 saturated carbocycles. The van der Waals surface area contributed by atoms with Crippen molar-refractivity contribution in [2.75, 3.05) is 0 Å². The Balaban J connectivity index is 0.817. The Morgan fingerprint density at radius 3 is 1.39 bits per heavy atom. The van der Waals surface area contributed by atoms with Crippen LogP contribution in [0.25, 0.3) is 159 Å². The van der Waals surface area contributed by atoms with Crippen LogP contribution in [0.5, 0.6) is 0 Å². The number of hydrogen-bond acceptors (Lipinski definition) is 4. The summed E-state index contributed by atoms with van der Waals surface area (Å²) in [5.74, 6) is 1.80. The van der Waals surface area contributed by atoms with E-state index in [0.717, 1.165) is 66.2 Å². The van der Waals surface area contributed by atoms with E-state index in [-0.39, 0.29) is 5.41 Å². The van der Waals surface area contributed by atoms with Crippen molar-refractivity contribution in [2.45, 2.75) is 19.3 Å². The Kier molecular flexibility index (Phi) is 10.2. The largest absolute Gasteiger partial charge is 0.309 e. The molecule has 0 saturated heterocycles. The molecule has 0 fully saturated rings. The molecule has 0 spiro atoms. The van der Waals surface area contributed by atoms with Crippen LogP contribution in [0.3, 0.4) is 0 Å². The number of aromatic nitrogens is 6. The van der Waals surface area contributed by atoms with Gasteiger partial charge in [-0.2, -0.15) is 9.97 Å². The lowest BCUT2D eigenvalue weighted by Crippen LogP contribution is -2.16. The van der Waals surface area contributed by atoms with Gasteiger partial charge in [0, 0.05) is 80.4 Å². The monoisotopic (exact) mass is 1100 g/mol. The second-order valence-corrected chi connectivity index (χ2v) is 24.2. The van der Waals surface area contributed by atoms with E-state index in [0.29, 0.717) is 17.6 Å². The highest BCUT2D eigenvalue weighted by atomic mass is 32.1. The van der Waals surface area contributed by atoms with E-state index in [2.05, 4.69) is 258 Å². The zero-order chi connectivity index (χ0) is 56.1. The van der Waals surface area contributed by atoms with Gasteiger partial charge in [0.05, 0.1) is 33.1 Å². The molecule has 0 atom stereocenters. The summed E-state index contributed by atoms with van der Waals surface area (Å²) in [6.45, 7) is 4.79. The van der Waals surface area contributed by atoms with Crippen LogP contribution in [0.2, 0.25) is 0 Å². The molecule has 5 aromatic heterocycles. The van der Waals surface area contributed by atoms with Crippen molar-refractivity contribution in [3.8, 4) is 73.5 Å². The predicted molar refractivity (Wildman–Crippen MR) is 355 cm³/mol. The van der Waals surface area contributed by atoms with E-state index < -0.39 is 0 Å². The quantitative estimate of drug-likeness (QED) is 0.160. The molecule has 5 heterocycles. The highest BCUT2D eigenvalue weighted by Gasteiger charge is 2.38. The summed E-state index contributed by atoms with van der Waals surface area (Å²) >= 11 is 1.86. The topological polar surface area (TPSA) is 53.5 Å². The lowest BCUT2D eigenvalue weighted by atomic mass is 9.81. The fourth-order valence-corrected chi connectivity index (χ4v) is 15.2. The van der Waals surface area contributed by atoms with Crippen LogP contribution in [0.1, 0.15) is 25.0 Å². The van der Waals surface area contributed by atoms with Crippen LogP contribution in [-0.4, -0.2) is 28.7 Å². The van der Waals surface area contributed by atoms with Crippen molar-refractivity contribution in [3.63, 3.8) is 0 Å². The highest BCUT2D eigenvalue weighted by molar-refractivity contribution is 7.25. The van der Waals surface area contributed by atoms with Gasteiger partial charge < -0.3 is 9.13 Å². The van der Waals surface area contributed by atoms with Crippen LogP contribution in [-0.2, 0) is 5.41 Å². The summed E-state index contributed by atoms with van der Waals surface area (Å²) in [6, 6.07) is 97.3. The van der Waals surface area contributed by atoms with E-state index in [1.165, 1.54) is 86.4 Å². The van der Waals surface area contributed by atoms with Crippen molar-refractivity contribution in [3.05, 3.63) is 278 Å². The summed E-state index contributed by atoms with van der Waals surface area (Å²) in [5, 5.41) is 9.60. The fourth-order valence-electron chi connectivity index (χ4n) is 14.2. The molecule has 17 aromatic rings. The molecule has 6 nitrogen and oxygen atoms in total. The Hall–Kier alpha value is -10.7. The maximum absolute atomic E-state index is 5.34. The van der Waals surface area contributed by atoms with Gasteiger partial charge in [-0.3, -0.25) is 4.57 Å². The van der Waals surface area contributed by atoms with Gasteiger partial charge in [-0.05, 0) is 136 Å². The fraction of sp³-hybridized carbons (Fsp3) is 0.0385. The van der Waals surface area contributed by atoms with Crippen LogP contribution >= 0.6 is 11.3 Å². The first kappa shape index (κ1) is 47.9. The Labute approximate surface area is 493 Å². The van der Waals surface area contributed by atoms with Crippen molar-refractivity contribution < 1.29 is 0 Å².